The largest absolute Gasteiger partial charge is 0.416 e. The van der Waals surface area contributed by atoms with Crippen LogP contribution in [0, 0.1) is 0 Å². The Hall–Kier alpha value is -2.54. The van der Waals surface area contributed by atoms with Gasteiger partial charge in [-0.3, -0.25) is 0 Å². The molecule has 7 heteroatoms. The topological polar surface area (TPSA) is 44.4 Å². The summed E-state index contributed by atoms with van der Waals surface area (Å²) in [6.45, 7) is 1.79. The minimum atomic E-state index is -4.37. The Morgan fingerprint density at radius 2 is 1.74 bits per heavy atom. The van der Waals surface area contributed by atoms with Crippen molar-refractivity contribution in [1.29, 1.82) is 0 Å². The maximum absolute atomic E-state index is 12.9. The number of hydrogen-bond acceptors (Lipinski definition) is 2. The van der Waals surface area contributed by atoms with E-state index in [0.29, 0.717) is 16.8 Å². The molecule has 2 amide bonds. The van der Waals surface area contributed by atoms with Gasteiger partial charge in [0.25, 0.3) is 0 Å². The zero-order valence-electron chi connectivity index (χ0n) is 15.0. The number of rotatable bonds is 3. The van der Waals surface area contributed by atoms with Crippen LogP contribution in [0.25, 0.3) is 11.1 Å². The molecule has 1 fully saturated rings. The fourth-order valence-corrected chi connectivity index (χ4v) is 3.19. The molecule has 0 saturated carbocycles. The average molecular weight is 377 g/mol. The first kappa shape index (κ1) is 19.2. The Bertz CT molecular complexity index is 784. The predicted molar refractivity (Wildman–Crippen MR) is 99.6 cm³/mol. The van der Waals surface area contributed by atoms with Crippen molar-refractivity contribution in [3.63, 3.8) is 0 Å². The first-order valence-corrected chi connectivity index (χ1v) is 8.87. The van der Waals surface area contributed by atoms with Gasteiger partial charge in [-0.05, 0) is 61.3 Å². The summed E-state index contributed by atoms with van der Waals surface area (Å²) in [4.78, 5) is 14.1. The summed E-state index contributed by atoms with van der Waals surface area (Å²) in [5.41, 5.74) is 1.07. The molecule has 1 aliphatic heterocycles. The summed E-state index contributed by atoms with van der Waals surface area (Å²) < 4.78 is 38.6. The van der Waals surface area contributed by atoms with E-state index in [1.807, 2.05) is 0 Å². The molecule has 2 N–H and O–H groups in total. The minimum Gasteiger partial charge on any atom is -0.325 e. The van der Waals surface area contributed by atoms with Crippen LogP contribution >= 0.6 is 0 Å². The van der Waals surface area contributed by atoms with E-state index in [0.717, 1.165) is 38.1 Å². The second-order valence-corrected chi connectivity index (χ2v) is 6.68. The quantitative estimate of drug-likeness (QED) is 0.822. The van der Waals surface area contributed by atoms with Gasteiger partial charge >= 0.3 is 12.2 Å². The third-order valence-electron chi connectivity index (χ3n) is 4.84. The Kier molecular flexibility index (Phi) is 5.70. The van der Waals surface area contributed by atoms with Gasteiger partial charge in [0.2, 0.25) is 0 Å². The number of carbonyl (C=O) groups excluding carboxylic acids is 1. The molecule has 0 radical (unpaired) electrons. The third-order valence-corrected chi connectivity index (χ3v) is 4.84. The molecule has 2 aromatic rings. The number of anilines is 1. The van der Waals surface area contributed by atoms with Crippen LogP contribution in [0.5, 0.6) is 0 Å². The molecule has 4 nitrogen and oxygen atoms in total. The lowest BCUT2D eigenvalue weighted by atomic mass is 10.0. The SMILES string of the molecule is CN(C(=O)Nc1ccc(-c2cccc(C(F)(F)F)c2)cc1)C1CCNCC1. The molecule has 0 unspecified atom stereocenters. The highest BCUT2D eigenvalue weighted by Crippen LogP contribution is 2.32. The fourth-order valence-electron chi connectivity index (χ4n) is 3.19. The van der Waals surface area contributed by atoms with Crippen LogP contribution in [0.2, 0.25) is 0 Å². The lowest BCUT2D eigenvalue weighted by Gasteiger charge is -2.31. The predicted octanol–water partition coefficient (Wildman–Crippen LogP) is 4.59. The van der Waals surface area contributed by atoms with E-state index in [1.54, 1.807) is 42.3 Å². The van der Waals surface area contributed by atoms with E-state index in [2.05, 4.69) is 10.6 Å². The van der Waals surface area contributed by atoms with Gasteiger partial charge in [-0.1, -0.05) is 24.3 Å². The lowest BCUT2D eigenvalue weighted by molar-refractivity contribution is -0.137. The minimum absolute atomic E-state index is 0.186. The van der Waals surface area contributed by atoms with Gasteiger partial charge in [-0.15, -0.1) is 0 Å². The van der Waals surface area contributed by atoms with E-state index >= 15 is 0 Å². The maximum Gasteiger partial charge on any atom is 0.416 e. The van der Waals surface area contributed by atoms with E-state index in [1.165, 1.54) is 6.07 Å². The molecule has 1 saturated heterocycles. The summed E-state index contributed by atoms with van der Waals surface area (Å²) >= 11 is 0. The maximum atomic E-state index is 12.9. The van der Waals surface area contributed by atoms with Crippen molar-refractivity contribution in [3.05, 3.63) is 54.1 Å². The van der Waals surface area contributed by atoms with Crippen molar-refractivity contribution in [3.8, 4) is 11.1 Å². The summed E-state index contributed by atoms with van der Waals surface area (Å²) in [6, 6.07) is 12.0. The molecule has 2 aromatic carbocycles. The number of urea groups is 1. The Labute approximate surface area is 156 Å². The smallest absolute Gasteiger partial charge is 0.325 e. The van der Waals surface area contributed by atoms with Crippen LogP contribution in [0.3, 0.4) is 0 Å². The highest BCUT2D eigenvalue weighted by molar-refractivity contribution is 5.89. The van der Waals surface area contributed by atoms with Gasteiger partial charge in [-0.2, -0.15) is 13.2 Å². The number of nitrogens with one attached hydrogen (secondary N) is 2. The molecule has 1 heterocycles. The van der Waals surface area contributed by atoms with Gasteiger partial charge in [-0.25, -0.2) is 4.79 Å². The molecule has 144 valence electrons. The summed E-state index contributed by atoms with van der Waals surface area (Å²) in [5.74, 6) is 0. The zero-order chi connectivity index (χ0) is 19.4. The molecular weight excluding hydrogens is 355 g/mol. The second kappa shape index (κ2) is 8.00. The fraction of sp³-hybridized carbons (Fsp3) is 0.350. The van der Waals surface area contributed by atoms with Crippen molar-refractivity contribution in [2.24, 2.45) is 0 Å². The van der Waals surface area contributed by atoms with Crippen LogP contribution in [-0.4, -0.2) is 37.1 Å². The highest BCUT2D eigenvalue weighted by Gasteiger charge is 2.30. The Balaban J connectivity index is 1.67. The van der Waals surface area contributed by atoms with Gasteiger partial charge in [0.1, 0.15) is 0 Å². The Morgan fingerprint density at radius 3 is 2.37 bits per heavy atom. The number of hydrogen-bond donors (Lipinski definition) is 2. The first-order chi connectivity index (χ1) is 12.8. The second-order valence-electron chi connectivity index (χ2n) is 6.68. The number of nitrogens with zero attached hydrogens (tertiary/aromatic N) is 1. The van der Waals surface area contributed by atoms with E-state index in [4.69, 9.17) is 0 Å². The van der Waals surface area contributed by atoms with Crippen LogP contribution < -0.4 is 10.6 Å². The van der Waals surface area contributed by atoms with Crippen molar-refractivity contribution < 1.29 is 18.0 Å². The molecule has 3 rings (SSSR count). The molecule has 0 bridgehead atoms. The molecule has 1 aliphatic rings. The standard InChI is InChI=1S/C20H22F3N3O/c1-26(18-9-11-24-12-10-18)19(27)25-17-7-5-14(6-8-17)15-3-2-4-16(13-15)20(21,22)23/h2-8,13,18,24H,9-12H2,1H3,(H,25,27). The van der Waals surface area contributed by atoms with E-state index in [9.17, 15) is 18.0 Å². The van der Waals surface area contributed by atoms with Crippen LogP contribution in [0.1, 0.15) is 18.4 Å². The van der Waals surface area contributed by atoms with Crippen molar-refractivity contribution in [2.45, 2.75) is 25.1 Å². The molecule has 0 aromatic heterocycles. The molecule has 27 heavy (non-hydrogen) atoms. The average Bonchev–Trinajstić information content (AvgIpc) is 2.68. The van der Waals surface area contributed by atoms with Crippen molar-refractivity contribution in [2.75, 3.05) is 25.5 Å². The van der Waals surface area contributed by atoms with E-state index in [-0.39, 0.29) is 12.1 Å². The van der Waals surface area contributed by atoms with Gasteiger partial charge in [0, 0.05) is 18.8 Å². The van der Waals surface area contributed by atoms with Crippen LogP contribution in [0.15, 0.2) is 48.5 Å². The Morgan fingerprint density at radius 1 is 1.07 bits per heavy atom. The third kappa shape index (κ3) is 4.80. The number of benzene rings is 2. The normalized spacial score (nSPS) is 15.4. The molecule has 0 aliphatic carbocycles. The van der Waals surface area contributed by atoms with Gasteiger partial charge in [0.15, 0.2) is 0 Å². The molecule has 0 spiro atoms. The van der Waals surface area contributed by atoms with Crippen LogP contribution in [-0.2, 0) is 6.18 Å². The summed E-state index contributed by atoms with van der Waals surface area (Å²) in [5, 5.41) is 6.10. The number of piperidine rings is 1. The monoisotopic (exact) mass is 377 g/mol. The van der Waals surface area contributed by atoms with Crippen LogP contribution in [0.4, 0.5) is 23.7 Å². The molecular formula is C20H22F3N3O. The molecule has 0 atom stereocenters. The van der Waals surface area contributed by atoms with Gasteiger partial charge < -0.3 is 15.5 Å². The summed E-state index contributed by atoms with van der Waals surface area (Å²) in [7, 11) is 1.78. The highest BCUT2D eigenvalue weighted by atomic mass is 19.4. The van der Waals surface area contributed by atoms with E-state index < -0.39 is 11.7 Å². The first-order valence-electron chi connectivity index (χ1n) is 8.87. The zero-order valence-corrected chi connectivity index (χ0v) is 15.0. The van der Waals surface area contributed by atoms with Crippen molar-refractivity contribution in [1.82, 2.24) is 10.2 Å². The van der Waals surface area contributed by atoms with Gasteiger partial charge in [0.05, 0.1) is 5.56 Å². The summed E-state index contributed by atoms with van der Waals surface area (Å²) in [6.07, 6.45) is -2.54. The number of alkyl halides is 3. The van der Waals surface area contributed by atoms with Crippen molar-refractivity contribution >= 4 is 11.7 Å². The lowest BCUT2D eigenvalue weighted by Crippen LogP contribution is -2.45. The number of carbonyl (C=O) groups is 1. The number of amides is 2. The number of halogens is 3.